The van der Waals surface area contributed by atoms with Crippen LogP contribution in [-0.4, -0.2) is 28.9 Å². The van der Waals surface area contributed by atoms with Crippen molar-refractivity contribution in [1.82, 2.24) is 9.29 Å². The summed E-state index contributed by atoms with van der Waals surface area (Å²) in [5.74, 6) is 0.391. The summed E-state index contributed by atoms with van der Waals surface area (Å²) in [6.45, 7) is 4.36. The SMILES string of the molecule is CCOC1=C(C(=O)Nc2ncc(C)s2)N(C)Sc2ccccc21. The standard InChI is InChI=1S/C16H17N3O2S2/c1-4-21-14-11-7-5-6-8-12(11)23-19(3)13(14)15(20)18-16-17-9-10(2)22-16/h5-9H,4H2,1-3H3,(H,17,18,20). The Hall–Kier alpha value is -1.99. The fraction of sp³-hybridized carbons (Fsp3) is 0.250. The highest BCUT2D eigenvalue weighted by Crippen LogP contribution is 2.40. The molecule has 0 fully saturated rings. The smallest absolute Gasteiger partial charge is 0.278 e. The number of aromatic nitrogens is 1. The van der Waals surface area contributed by atoms with Gasteiger partial charge in [0.1, 0.15) is 0 Å². The number of rotatable bonds is 4. The van der Waals surface area contributed by atoms with Crippen LogP contribution in [0, 0.1) is 6.92 Å². The molecule has 0 saturated carbocycles. The molecule has 7 heteroatoms. The van der Waals surface area contributed by atoms with E-state index in [1.165, 1.54) is 23.3 Å². The van der Waals surface area contributed by atoms with Crippen LogP contribution in [0.1, 0.15) is 17.4 Å². The van der Waals surface area contributed by atoms with Gasteiger partial charge in [-0.2, -0.15) is 0 Å². The van der Waals surface area contributed by atoms with Gasteiger partial charge in [-0.15, -0.1) is 11.3 Å². The monoisotopic (exact) mass is 347 g/mol. The maximum absolute atomic E-state index is 12.7. The molecule has 3 rings (SSSR count). The maximum atomic E-state index is 12.7. The van der Waals surface area contributed by atoms with Crippen molar-refractivity contribution in [2.75, 3.05) is 19.0 Å². The molecule has 0 radical (unpaired) electrons. The molecule has 2 heterocycles. The third-order valence-corrected chi connectivity index (χ3v) is 5.08. The first-order valence-corrected chi connectivity index (χ1v) is 8.81. The molecule has 1 aromatic carbocycles. The van der Waals surface area contributed by atoms with Crippen LogP contribution in [0.5, 0.6) is 0 Å². The molecule has 5 nitrogen and oxygen atoms in total. The minimum absolute atomic E-state index is 0.215. The molecule has 1 aromatic heterocycles. The molecule has 0 saturated heterocycles. The van der Waals surface area contributed by atoms with E-state index in [9.17, 15) is 4.79 Å². The van der Waals surface area contributed by atoms with Crippen molar-refractivity contribution in [1.29, 1.82) is 0 Å². The number of anilines is 1. The molecule has 0 atom stereocenters. The van der Waals surface area contributed by atoms with Gasteiger partial charge in [-0.3, -0.25) is 10.1 Å². The van der Waals surface area contributed by atoms with Gasteiger partial charge in [0.25, 0.3) is 5.91 Å². The van der Waals surface area contributed by atoms with Crippen LogP contribution in [-0.2, 0) is 9.53 Å². The number of amides is 1. The number of hydrogen-bond donors (Lipinski definition) is 1. The van der Waals surface area contributed by atoms with Gasteiger partial charge >= 0.3 is 0 Å². The molecular formula is C16H17N3O2S2. The summed E-state index contributed by atoms with van der Waals surface area (Å²) in [7, 11) is 1.86. The fourth-order valence-electron chi connectivity index (χ4n) is 2.30. The molecule has 0 aliphatic carbocycles. The van der Waals surface area contributed by atoms with Gasteiger partial charge in [0.2, 0.25) is 0 Å². The summed E-state index contributed by atoms with van der Waals surface area (Å²) < 4.78 is 7.64. The Kier molecular flexibility index (Phi) is 4.58. The van der Waals surface area contributed by atoms with E-state index in [2.05, 4.69) is 10.3 Å². The molecule has 1 amide bonds. The fourth-order valence-corrected chi connectivity index (χ4v) is 3.91. The largest absolute Gasteiger partial charge is 0.491 e. The van der Waals surface area contributed by atoms with Crippen molar-refractivity contribution in [2.45, 2.75) is 18.7 Å². The molecule has 120 valence electrons. The Morgan fingerprint density at radius 2 is 2.17 bits per heavy atom. The van der Waals surface area contributed by atoms with Gasteiger partial charge in [0.15, 0.2) is 16.6 Å². The van der Waals surface area contributed by atoms with Crippen molar-refractivity contribution in [2.24, 2.45) is 0 Å². The number of hydrogen-bond acceptors (Lipinski definition) is 6. The lowest BCUT2D eigenvalue weighted by Gasteiger charge is -2.29. The molecule has 0 bridgehead atoms. The van der Waals surface area contributed by atoms with E-state index in [0.717, 1.165) is 15.3 Å². The van der Waals surface area contributed by atoms with Gasteiger partial charge < -0.3 is 9.04 Å². The number of benzene rings is 1. The normalized spacial score (nSPS) is 13.8. The summed E-state index contributed by atoms with van der Waals surface area (Å²) in [6, 6.07) is 7.92. The average molecular weight is 347 g/mol. The number of likely N-dealkylation sites (N-methyl/N-ethyl adjacent to an activating group) is 1. The number of thiazole rings is 1. The first kappa shape index (κ1) is 15.9. The summed E-state index contributed by atoms with van der Waals surface area (Å²) in [6.07, 6.45) is 1.74. The van der Waals surface area contributed by atoms with Crippen LogP contribution in [0.25, 0.3) is 5.76 Å². The Labute approximate surface area is 143 Å². The highest BCUT2D eigenvalue weighted by molar-refractivity contribution is 7.97. The van der Waals surface area contributed by atoms with Crippen LogP contribution in [0.4, 0.5) is 5.13 Å². The van der Waals surface area contributed by atoms with Gasteiger partial charge in [-0.25, -0.2) is 4.98 Å². The van der Waals surface area contributed by atoms with Gasteiger partial charge in [-0.05, 0) is 37.9 Å². The minimum Gasteiger partial charge on any atom is -0.491 e. The third kappa shape index (κ3) is 3.20. The molecule has 1 aliphatic rings. The first-order chi connectivity index (χ1) is 11.1. The van der Waals surface area contributed by atoms with Crippen molar-refractivity contribution < 1.29 is 9.53 Å². The molecule has 1 N–H and O–H groups in total. The van der Waals surface area contributed by atoms with Gasteiger partial charge in [0.05, 0.1) is 6.61 Å². The molecule has 0 unspecified atom stereocenters. The van der Waals surface area contributed by atoms with Crippen LogP contribution in [0.2, 0.25) is 0 Å². The lowest BCUT2D eigenvalue weighted by molar-refractivity contribution is -0.113. The number of nitrogens with zero attached hydrogens (tertiary/aromatic N) is 2. The second-order valence-electron chi connectivity index (χ2n) is 4.93. The van der Waals surface area contributed by atoms with E-state index in [0.29, 0.717) is 23.2 Å². The van der Waals surface area contributed by atoms with Crippen molar-refractivity contribution in [3.8, 4) is 0 Å². The first-order valence-electron chi connectivity index (χ1n) is 7.22. The highest BCUT2D eigenvalue weighted by atomic mass is 32.2. The third-order valence-electron chi connectivity index (χ3n) is 3.24. The van der Waals surface area contributed by atoms with Crippen LogP contribution >= 0.6 is 23.3 Å². The molecular weight excluding hydrogens is 330 g/mol. The lowest BCUT2D eigenvalue weighted by Crippen LogP contribution is -2.28. The van der Waals surface area contributed by atoms with Crippen LogP contribution in [0.15, 0.2) is 41.1 Å². The van der Waals surface area contributed by atoms with E-state index in [-0.39, 0.29) is 5.91 Å². The Morgan fingerprint density at radius 1 is 1.39 bits per heavy atom. The Balaban J connectivity index is 2.00. The van der Waals surface area contributed by atoms with Crippen LogP contribution < -0.4 is 5.32 Å². The Bertz CT molecular complexity index is 770. The number of fused-ring (bicyclic) bond motifs is 1. The summed E-state index contributed by atoms with van der Waals surface area (Å²) >= 11 is 2.96. The zero-order valence-electron chi connectivity index (χ0n) is 13.1. The zero-order chi connectivity index (χ0) is 16.4. The predicted molar refractivity (Wildman–Crippen MR) is 94.1 cm³/mol. The number of aryl methyl sites for hydroxylation is 1. The molecule has 2 aromatic rings. The van der Waals surface area contributed by atoms with Crippen molar-refractivity contribution >= 4 is 40.1 Å². The van der Waals surface area contributed by atoms with Gasteiger partial charge in [-0.1, -0.05) is 12.1 Å². The van der Waals surface area contributed by atoms with E-state index in [1.54, 1.807) is 6.20 Å². The predicted octanol–water partition coefficient (Wildman–Crippen LogP) is 3.75. The molecule has 1 aliphatic heterocycles. The summed E-state index contributed by atoms with van der Waals surface area (Å²) in [5, 5.41) is 3.45. The van der Waals surface area contributed by atoms with E-state index >= 15 is 0 Å². The van der Waals surface area contributed by atoms with Crippen LogP contribution in [0.3, 0.4) is 0 Å². The summed E-state index contributed by atoms with van der Waals surface area (Å²) in [5.41, 5.74) is 1.45. The number of ether oxygens (including phenoxy) is 1. The van der Waals surface area contributed by atoms with E-state index in [4.69, 9.17) is 4.74 Å². The van der Waals surface area contributed by atoms with E-state index < -0.39 is 0 Å². The van der Waals surface area contributed by atoms with E-state index in [1.807, 2.05) is 49.5 Å². The minimum atomic E-state index is -0.215. The number of carbonyl (C=O) groups excluding carboxylic acids is 1. The molecule has 23 heavy (non-hydrogen) atoms. The van der Waals surface area contributed by atoms with Crippen molar-refractivity contribution in [3.63, 3.8) is 0 Å². The maximum Gasteiger partial charge on any atom is 0.278 e. The average Bonchev–Trinajstić information content (AvgIpc) is 2.92. The second-order valence-corrected chi connectivity index (χ2v) is 7.33. The lowest BCUT2D eigenvalue weighted by atomic mass is 10.1. The topological polar surface area (TPSA) is 54.5 Å². The number of carbonyl (C=O) groups is 1. The zero-order valence-corrected chi connectivity index (χ0v) is 14.8. The summed E-state index contributed by atoms with van der Waals surface area (Å²) in [4.78, 5) is 19.1. The molecule has 0 spiro atoms. The second kappa shape index (κ2) is 6.64. The quantitative estimate of drug-likeness (QED) is 0.854. The van der Waals surface area contributed by atoms with Crippen molar-refractivity contribution in [3.05, 3.63) is 46.6 Å². The van der Waals surface area contributed by atoms with Gasteiger partial charge in [0, 0.05) is 28.6 Å². The highest BCUT2D eigenvalue weighted by Gasteiger charge is 2.30. The Morgan fingerprint density at radius 3 is 2.87 bits per heavy atom. The number of nitrogens with one attached hydrogen (secondary N) is 1.